The Labute approximate surface area is 185 Å². The highest BCUT2D eigenvalue weighted by molar-refractivity contribution is 7.99. The molecule has 29 heavy (non-hydrogen) atoms. The van der Waals surface area contributed by atoms with Gasteiger partial charge in [-0.15, -0.1) is 12.4 Å². The first-order valence-electron chi connectivity index (χ1n) is 10.2. The second kappa shape index (κ2) is 10.9. The molecule has 1 atom stereocenters. The molecule has 6 heteroatoms. The molecule has 2 aromatic rings. The molecular formula is C23H32ClN3OS. The minimum absolute atomic E-state index is 0. The Balaban J connectivity index is 0.00000300. The zero-order valence-electron chi connectivity index (χ0n) is 17.8. The zero-order valence-corrected chi connectivity index (χ0v) is 19.4. The number of hydrogen-bond acceptors (Lipinski definition) is 4. The van der Waals surface area contributed by atoms with Crippen molar-refractivity contribution in [1.29, 1.82) is 0 Å². The smallest absolute Gasteiger partial charge is 0.251 e. The zero-order chi connectivity index (χ0) is 20.1. The summed E-state index contributed by atoms with van der Waals surface area (Å²) >= 11 is 1.78. The summed E-state index contributed by atoms with van der Waals surface area (Å²) in [7, 11) is 2.15. The van der Waals surface area contributed by atoms with Crippen LogP contribution in [0, 0.1) is 0 Å². The summed E-state index contributed by atoms with van der Waals surface area (Å²) in [5, 5.41) is 3.04. The lowest BCUT2D eigenvalue weighted by Gasteiger charge is -2.38. The number of hydrogen-bond donors (Lipinski definition) is 1. The minimum atomic E-state index is 0. The molecule has 1 heterocycles. The second-order valence-corrected chi connectivity index (χ2v) is 8.52. The van der Waals surface area contributed by atoms with E-state index in [1.54, 1.807) is 11.8 Å². The highest BCUT2D eigenvalue weighted by Crippen LogP contribution is 2.49. The van der Waals surface area contributed by atoms with Crippen molar-refractivity contribution in [2.24, 2.45) is 0 Å². The number of carbonyl (C=O) groups excluding carboxylic acids is 1. The SMILES string of the molecule is CCCCNC(=O)c1ccc2c(c1)N([C@H](C)CN(C)CC)c1ccccc1S2.Cl. The van der Waals surface area contributed by atoms with Crippen molar-refractivity contribution in [3.05, 3.63) is 48.0 Å². The quantitative estimate of drug-likeness (QED) is 0.551. The Morgan fingerprint density at radius 1 is 1.14 bits per heavy atom. The summed E-state index contributed by atoms with van der Waals surface area (Å²) < 4.78 is 0. The van der Waals surface area contributed by atoms with Gasteiger partial charge < -0.3 is 15.1 Å². The molecule has 1 N–H and O–H groups in total. The van der Waals surface area contributed by atoms with Crippen LogP contribution in [0.1, 0.15) is 44.0 Å². The maximum Gasteiger partial charge on any atom is 0.251 e. The largest absolute Gasteiger partial charge is 0.352 e. The number of halogens is 1. The lowest BCUT2D eigenvalue weighted by atomic mass is 10.1. The average Bonchev–Trinajstić information content (AvgIpc) is 2.71. The Kier molecular flexibility index (Phi) is 8.87. The third kappa shape index (κ3) is 5.47. The Bertz CT molecular complexity index is 830. The standard InChI is InChI=1S/C23H31N3OS.ClH/c1-5-7-14-24-23(27)18-12-13-22-20(15-18)26(17(3)16-25(4)6-2)19-10-8-9-11-21(19)28-22;/h8-13,15,17H,5-7,14,16H2,1-4H3,(H,24,27);1H/t17-;/m1./s1. The number of likely N-dealkylation sites (N-methyl/N-ethyl adjacent to an activating group) is 1. The van der Waals surface area contributed by atoms with Gasteiger partial charge in [-0.2, -0.15) is 0 Å². The number of amides is 1. The van der Waals surface area contributed by atoms with Crippen LogP contribution in [0.5, 0.6) is 0 Å². The topological polar surface area (TPSA) is 35.6 Å². The van der Waals surface area contributed by atoms with Gasteiger partial charge >= 0.3 is 0 Å². The molecule has 0 aliphatic carbocycles. The molecule has 1 aliphatic rings. The molecule has 0 saturated carbocycles. The lowest BCUT2D eigenvalue weighted by Crippen LogP contribution is -2.39. The Morgan fingerprint density at radius 2 is 1.86 bits per heavy atom. The number of unbranched alkanes of at least 4 members (excludes halogenated alkanes) is 1. The molecule has 0 bridgehead atoms. The molecule has 0 fully saturated rings. The van der Waals surface area contributed by atoms with Crippen molar-refractivity contribution < 1.29 is 4.79 Å². The predicted molar refractivity (Wildman–Crippen MR) is 126 cm³/mol. The van der Waals surface area contributed by atoms with E-state index in [1.807, 2.05) is 6.07 Å². The normalized spacial score (nSPS) is 13.3. The van der Waals surface area contributed by atoms with Crippen LogP contribution in [0.25, 0.3) is 0 Å². The van der Waals surface area contributed by atoms with E-state index in [0.717, 1.165) is 43.7 Å². The van der Waals surface area contributed by atoms with E-state index in [-0.39, 0.29) is 18.3 Å². The Morgan fingerprint density at radius 3 is 2.59 bits per heavy atom. The molecular weight excluding hydrogens is 402 g/mol. The van der Waals surface area contributed by atoms with Crippen molar-refractivity contribution in [2.45, 2.75) is 49.4 Å². The third-order valence-electron chi connectivity index (χ3n) is 5.20. The van der Waals surface area contributed by atoms with Gasteiger partial charge in [-0.05, 0) is 57.3 Å². The van der Waals surface area contributed by atoms with Gasteiger partial charge in [0.2, 0.25) is 0 Å². The summed E-state index contributed by atoms with van der Waals surface area (Å²) in [6.07, 6.45) is 2.08. The second-order valence-electron chi connectivity index (χ2n) is 7.44. The summed E-state index contributed by atoms with van der Waals surface area (Å²) in [5.74, 6) is 0.0124. The minimum Gasteiger partial charge on any atom is -0.352 e. The molecule has 0 unspecified atom stereocenters. The van der Waals surface area contributed by atoms with Crippen molar-refractivity contribution in [2.75, 3.05) is 31.6 Å². The van der Waals surface area contributed by atoms with Gasteiger partial charge in [0.1, 0.15) is 0 Å². The van der Waals surface area contributed by atoms with Crippen LogP contribution < -0.4 is 10.2 Å². The van der Waals surface area contributed by atoms with E-state index in [2.05, 4.69) is 79.3 Å². The molecule has 0 radical (unpaired) electrons. The maximum atomic E-state index is 12.6. The first-order chi connectivity index (χ1) is 13.5. The number of rotatable bonds is 8. The maximum absolute atomic E-state index is 12.6. The number of nitrogens with zero attached hydrogens (tertiary/aromatic N) is 2. The van der Waals surface area contributed by atoms with E-state index < -0.39 is 0 Å². The Hall–Kier alpha value is -1.69. The summed E-state index contributed by atoms with van der Waals surface area (Å²) in [5.41, 5.74) is 3.08. The van der Waals surface area contributed by atoms with Crippen LogP contribution in [-0.4, -0.2) is 43.5 Å². The summed E-state index contributed by atoms with van der Waals surface area (Å²) in [4.78, 5) is 19.8. The van der Waals surface area contributed by atoms with E-state index in [1.165, 1.54) is 15.5 Å². The fourth-order valence-electron chi connectivity index (χ4n) is 3.54. The molecule has 158 valence electrons. The highest BCUT2D eigenvalue weighted by Gasteiger charge is 2.28. The molecule has 0 spiro atoms. The predicted octanol–water partition coefficient (Wildman–Crippen LogP) is 5.58. The monoisotopic (exact) mass is 433 g/mol. The first kappa shape index (κ1) is 23.6. The van der Waals surface area contributed by atoms with Crippen LogP contribution in [0.15, 0.2) is 52.3 Å². The van der Waals surface area contributed by atoms with Crippen LogP contribution in [-0.2, 0) is 0 Å². The van der Waals surface area contributed by atoms with Gasteiger partial charge in [-0.1, -0.05) is 44.2 Å². The number of anilines is 2. The van der Waals surface area contributed by atoms with E-state index in [0.29, 0.717) is 6.04 Å². The molecule has 0 aromatic heterocycles. The summed E-state index contributed by atoms with van der Waals surface area (Å²) in [6, 6.07) is 14.9. The van der Waals surface area contributed by atoms with E-state index in [4.69, 9.17) is 0 Å². The molecule has 3 rings (SSSR count). The van der Waals surface area contributed by atoms with E-state index >= 15 is 0 Å². The summed E-state index contributed by atoms with van der Waals surface area (Å²) in [6.45, 7) is 9.27. The average molecular weight is 434 g/mol. The number of fused-ring (bicyclic) bond motifs is 2. The van der Waals surface area contributed by atoms with E-state index in [9.17, 15) is 4.79 Å². The van der Waals surface area contributed by atoms with Gasteiger partial charge in [0.25, 0.3) is 5.91 Å². The lowest BCUT2D eigenvalue weighted by molar-refractivity contribution is 0.0953. The van der Waals surface area contributed by atoms with Crippen molar-refractivity contribution in [1.82, 2.24) is 10.2 Å². The molecule has 4 nitrogen and oxygen atoms in total. The van der Waals surface area contributed by atoms with Crippen LogP contribution in [0.2, 0.25) is 0 Å². The fraction of sp³-hybridized carbons (Fsp3) is 0.435. The van der Waals surface area contributed by atoms with Crippen molar-refractivity contribution in [3.8, 4) is 0 Å². The third-order valence-corrected chi connectivity index (χ3v) is 6.33. The van der Waals surface area contributed by atoms with Crippen LogP contribution in [0.4, 0.5) is 11.4 Å². The van der Waals surface area contributed by atoms with Crippen molar-refractivity contribution >= 4 is 41.5 Å². The van der Waals surface area contributed by atoms with Crippen LogP contribution in [0.3, 0.4) is 0 Å². The van der Waals surface area contributed by atoms with Crippen LogP contribution >= 0.6 is 24.2 Å². The molecule has 2 aromatic carbocycles. The number of para-hydroxylation sites is 1. The first-order valence-corrected chi connectivity index (χ1v) is 11.0. The number of benzene rings is 2. The van der Waals surface area contributed by atoms with Gasteiger partial charge in [0.15, 0.2) is 0 Å². The fourth-order valence-corrected chi connectivity index (χ4v) is 4.59. The molecule has 1 aliphatic heterocycles. The highest BCUT2D eigenvalue weighted by atomic mass is 35.5. The molecule has 1 amide bonds. The van der Waals surface area contributed by atoms with Gasteiger partial charge in [0, 0.05) is 34.5 Å². The van der Waals surface area contributed by atoms with Crippen molar-refractivity contribution in [3.63, 3.8) is 0 Å². The number of nitrogens with one attached hydrogen (secondary N) is 1. The molecule has 0 saturated heterocycles. The van der Waals surface area contributed by atoms with Gasteiger partial charge in [-0.25, -0.2) is 0 Å². The van der Waals surface area contributed by atoms with Gasteiger partial charge in [-0.3, -0.25) is 4.79 Å². The number of carbonyl (C=O) groups is 1. The van der Waals surface area contributed by atoms with Gasteiger partial charge in [0.05, 0.1) is 11.4 Å².